The Balaban J connectivity index is 2.17. The first-order valence-electron chi connectivity index (χ1n) is 5.75. The van der Waals surface area contributed by atoms with Crippen LogP contribution in [0.15, 0.2) is 35.3 Å². The molecule has 1 fully saturated rings. The minimum Gasteiger partial charge on any atom is -0.353 e. The van der Waals surface area contributed by atoms with Gasteiger partial charge >= 0.3 is 0 Å². The van der Waals surface area contributed by atoms with E-state index in [1.807, 2.05) is 36.5 Å². The van der Waals surface area contributed by atoms with E-state index in [9.17, 15) is 0 Å². The molecule has 5 nitrogen and oxygen atoms in total. The van der Waals surface area contributed by atoms with Crippen LogP contribution in [0.1, 0.15) is 18.6 Å². The molecule has 0 bridgehead atoms. The number of ether oxygens (including phenoxy) is 2. The van der Waals surface area contributed by atoms with Crippen LogP contribution >= 0.6 is 0 Å². The number of nitrogens with zero attached hydrogens (tertiary/aromatic N) is 2. The number of hydrogen-bond donors (Lipinski definition) is 1. The molecule has 1 aliphatic heterocycles. The average molecular weight is 245 g/mol. The highest BCUT2D eigenvalue weighted by atomic mass is 16.7. The lowest BCUT2D eigenvalue weighted by atomic mass is 10.0. The zero-order valence-corrected chi connectivity index (χ0v) is 10.2. The average Bonchev–Trinajstić information content (AvgIpc) is 2.40. The first-order valence-corrected chi connectivity index (χ1v) is 5.75. The van der Waals surface area contributed by atoms with Crippen molar-refractivity contribution in [2.45, 2.75) is 19.1 Å². The molecule has 1 aliphatic rings. The van der Waals surface area contributed by atoms with Crippen LogP contribution in [0, 0.1) is 11.5 Å². The Hall–Kier alpha value is -1.90. The number of rotatable bonds is 2. The van der Waals surface area contributed by atoms with Gasteiger partial charge in [0.25, 0.3) is 0 Å². The van der Waals surface area contributed by atoms with E-state index in [0.717, 1.165) is 5.56 Å². The van der Waals surface area contributed by atoms with Gasteiger partial charge in [0.05, 0.1) is 6.61 Å². The van der Waals surface area contributed by atoms with E-state index in [1.54, 1.807) is 6.92 Å². The molecule has 0 radical (unpaired) electrons. The number of amidine groups is 1. The van der Waals surface area contributed by atoms with Crippen molar-refractivity contribution in [3.63, 3.8) is 0 Å². The van der Waals surface area contributed by atoms with Gasteiger partial charge in [0.2, 0.25) is 0 Å². The largest absolute Gasteiger partial charge is 0.353 e. The zero-order chi connectivity index (χ0) is 12.8. The SMILES string of the molecule is CC(=N[C@@H]1COCO[C@@H]1c1ccccc1)NC#N. The van der Waals surface area contributed by atoms with Gasteiger partial charge in [-0.1, -0.05) is 30.3 Å². The molecule has 0 aromatic heterocycles. The van der Waals surface area contributed by atoms with Gasteiger partial charge in [-0.05, 0) is 12.5 Å². The molecule has 1 aromatic rings. The quantitative estimate of drug-likeness (QED) is 0.372. The maximum Gasteiger partial charge on any atom is 0.182 e. The van der Waals surface area contributed by atoms with E-state index in [-0.39, 0.29) is 18.9 Å². The summed E-state index contributed by atoms with van der Waals surface area (Å²) in [5.41, 5.74) is 1.07. The Kier molecular flexibility index (Phi) is 4.29. The monoisotopic (exact) mass is 245 g/mol. The Bertz CT molecular complexity index is 453. The van der Waals surface area contributed by atoms with Crippen LogP contribution in [0.25, 0.3) is 0 Å². The molecule has 18 heavy (non-hydrogen) atoms. The molecule has 0 aliphatic carbocycles. The van der Waals surface area contributed by atoms with Crippen LogP contribution in [0.3, 0.4) is 0 Å². The summed E-state index contributed by atoms with van der Waals surface area (Å²) in [6.07, 6.45) is 1.72. The summed E-state index contributed by atoms with van der Waals surface area (Å²) in [6, 6.07) is 9.77. The number of hydrogen-bond acceptors (Lipinski definition) is 4. The Morgan fingerprint density at radius 3 is 2.94 bits per heavy atom. The number of nitriles is 1. The molecule has 0 saturated carbocycles. The third-order valence-electron chi connectivity index (χ3n) is 2.69. The van der Waals surface area contributed by atoms with Crippen molar-refractivity contribution < 1.29 is 9.47 Å². The molecule has 2 atom stereocenters. The highest BCUT2D eigenvalue weighted by molar-refractivity contribution is 5.81. The summed E-state index contributed by atoms with van der Waals surface area (Å²) in [6.45, 7) is 2.51. The zero-order valence-electron chi connectivity index (χ0n) is 10.2. The first-order chi connectivity index (χ1) is 8.81. The predicted molar refractivity (Wildman–Crippen MR) is 66.7 cm³/mol. The van der Waals surface area contributed by atoms with E-state index in [0.29, 0.717) is 12.4 Å². The van der Waals surface area contributed by atoms with Gasteiger partial charge in [-0.15, -0.1) is 0 Å². The van der Waals surface area contributed by atoms with E-state index in [4.69, 9.17) is 14.7 Å². The van der Waals surface area contributed by atoms with Crippen LogP contribution in [0.4, 0.5) is 0 Å². The van der Waals surface area contributed by atoms with Gasteiger partial charge in [-0.3, -0.25) is 10.3 Å². The normalized spacial score (nSPS) is 24.3. The van der Waals surface area contributed by atoms with Crippen molar-refractivity contribution >= 4 is 5.84 Å². The fourth-order valence-corrected chi connectivity index (χ4v) is 1.92. The van der Waals surface area contributed by atoms with Gasteiger partial charge in [0.15, 0.2) is 6.19 Å². The first kappa shape index (κ1) is 12.6. The van der Waals surface area contributed by atoms with Gasteiger partial charge < -0.3 is 9.47 Å². The summed E-state index contributed by atoms with van der Waals surface area (Å²) in [7, 11) is 0. The fourth-order valence-electron chi connectivity index (χ4n) is 1.92. The Morgan fingerprint density at radius 2 is 2.22 bits per heavy atom. The van der Waals surface area contributed by atoms with E-state index in [1.165, 1.54) is 0 Å². The third-order valence-corrected chi connectivity index (χ3v) is 2.69. The van der Waals surface area contributed by atoms with Crippen molar-refractivity contribution in [2.24, 2.45) is 4.99 Å². The Labute approximate surface area is 106 Å². The number of nitrogens with one attached hydrogen (secondary N) is 1. The molecular formula is C13H15N3O2. The van der Waals surface area contributed by atoms with Gasteiger partial charge in [-0.2, -0.15) is 5.26 Å². The molecule has 94 valence electrons. The summed E-state index contributed by atoms with van der Waals surface area (Å²) in [5.74, 6) is 0.567. The summed E-state index contributed by atoms with van der Waals surface area (Å²) in [5, 5.41) is 11.1. The lowest BCUT2D eigenvalue weighted by molar-refractivity contribution is -0.150. The van der Waals surface area contributed by atoms with Crippen LogP contribution in [0.2, 0.25) is 0 Å². The lowest BCUT2D eigenvalue weighted by Crippen LogP contribution is -2.33. The van der Waals surface area contributed by atoms with E-state index in [2.05, 4.69) is 10.3 Å². The molecule has 1 saturated heterocycles. The van der Waals surface area contributed by atoms with Crippen LogP contribution in [0.5, 0.6) is 0 Å². The minimum atomic E-state index is -0.137. The van der Waals surface area contributed by atoms with Crippen molar-refractivity contribution in [3.8, 4) is 6.19 Å². The fraction of sp³-hybridized carbons (Fsp3) is 0.385. The smallest absolute Gasteiger partial charge is 0.182 e. The highest BCUT2D eigenvalue weighted by Gasteiger charge is 2.27. The topological polar surface area (TPSA) is 66.6 Å². The molecule has 2 rings (SSSR count). The maximum atomic E-state index is 8.54. The second-order valence-electron chi connectivity index (χ2n) is 4.01. The van der Waals surface area contributed by atoms with Crippen LogP contribution < -0.4 is 5.32 Å². The van der Waals surface area contributed by atoms with E-state index >= 15 is 0 Å². The molecule has 5 heteroatoms. The van der Waals surface area contributed by atoms with Gasteiger partial charge in [0, 0.05) is 0 Å². The lowest BCUT2D eigenvalue weighted by Gasteiger charge is -2.29. The van der Waals surface area contributed by atoms with Crippen molar-refractivity contribution in [2.75, 3.05) is 13.4 Å². The molecule has 0 amide bonds. The van der Waals surface area contributed by atoms with Gasteiger partial charge in [0.1, 0.15) is 24.8 Å². The number of aliphatic imine (C=N–C) groups is 1. The Morgan fingerprint density at radius 1 is 1.44 bits per heavy atom. The van der Waals surface area contributed by atoms with Crippen LogP contribution in [-0.2, 0) is 9.47 Å². The molecular weight excluding hydrogens is 230 g/mol. The summed E-state index contributed by atoms with van der Waals surface area (Å²) in [4.78, 5) is 4.42. The standard InChI is InChI=1S/C13H15N3O2/c1-10(15-8-14)16-12-7-17-9-18-13(12)11-5-3-2-4-6-11/h2-6,12-13H,7,9H2,1H3,(H,15,16)/t12-,13-/m1/s1. The third kappa shape index (κ3) is 3.06. The molecule has 0 spiro atoms. The van der Waals surface area contributed by atoms with E-state index < -0.39 is 0 Å². The molecule has 0 unspecified atom stereocenters. The second-order valence-corrected chi connectivity index (χ2v) is 4.01. The number of benzene rings is 1. The summed E-state index contributed by atoms with van der Waals surface area (Å²) >= 11 is 0. The molecule has 1 aromatic carbocycles. The second kappa shape index (κ2) is 6.15. The minimum absolute atomic E-state index is 0.129. The molecule has 1 heterocycles. The van der Waals surface area contributed by atoms with Crippen molar-refractivity contribution in [1.82, 2.24) is 5.32 Å². The molecule has 1 N–H and O–H groups in total. The van der Waals surface area contributed by atoms with Crippen LogP contribution in [-0.4, -0.2) is 25.3 Å². The van der Waals surface area contributed by atoms with Gasteiger partial charge in [-0.25, -0.2) is 0 Å². The van der Waals surface area contributed by atoms with Crippen molar-refractivity contribution in [3.05, 3.63) is 35.9 Å². The maximum absolute atomic E-state index is 8.54. The summed E-state index contributed by atoms with van der Waals surface area (Å²) < 4.78 is 10.9. The van der Waals surface area contributed by atoms with Crippen molar-refractivity contribution in [1.29, 1.82) is 5.26 Å². The predicted octanol–water partition coefficient (Wildman–Crippen LogP) is 1.59. The highest BCUT2D eigenvalue weighted by Crippen LogP contribution is 2.26.